The highest BCUT2D eigenvalue weighted by Crippen LogP contribution is 2.32. The number of piperazine rings is 1. The Labute approximate surface area is 306 Å². The van der Waals surface area contributed by atoms with Crippen molar-refractivity contribution in [2.24, 2.45) is 0 Å². The van der Waals surface area contributed by atoms with Gasteiger partial charge in [-0.25, -0.2) is 4.79 Å². The number of aryl methyl sites for hydroxylation is 2. The molecule has 1 saturated heterocycles. The van der Waals surface area contributed by atoms with Gasteiger partial charge in [0.1, 0.15) is 11.7 Å². The van der Waals surface area contributed by atoms with Crippen molar-refractivity contribution in [1.29, 1.82) is 0 Å². The lowest BCUT2D eigenvalue weighted by molar-refractivity contribution is -0.186. The van der Waals surface area contributed by atoms with E-state index in [1.807, 2.05) is 68.3 Å². The Bertz CT molecular complexity index is 2000. The lowest BCUT2D eigenvalue weighted by Crippen LogP contribution is -2.52. The van der Waals surface area contributed by atoms with Crippen LogP contribution in [-0.4, -0.2) is 79.5 Å². The first kappa shape index (κ1) is 38.4. The second-order valence-electron chi connectivity index (χ2n) is 12.9. The summed E-state index contributed by atoms with van der Waals surface area (Å²) in [4.78, 5) is 54.7. The van der Waals surface area contributed by atoms with Gasteiger partial charge in [-0.15, -0.1) is 0 Å². The summed E-state index contributed by atoms with van der Waals surface area (Å²) in [5, 5.41) is 2.95. The lowest BCUT2D eigenvalue weighted by Gasteiger charge is -2.36. The van der Waals surface area contributed by atoms with Gasteiger partial charge in [0, 0.05) is 38.8 Å². The van der Waals surface area contributed by atoms with E-state index in [0.717, 1.165) is 27.2 Å². The van der Waals surface area contributed by atoms with E-state index in [-0.39, 0.29) is 44.6 Å². The molecule has 1 heterocycles. The number of nitrogens with one attached hydrogen (secondary N) is 1. The summed E-state index contributed by atoms with van der Waals surface area (Å²) < 4.78 is 44.5. The standard InChI is InChI=1S/C41H41F3N4O5/c1-28-15-18-30(19-16-28)32-11-4-5-12-33(32)38(50)45-35-14-7-6-13-34(35)39(51)46(3)36-20-17-29(2)26-37(36)53-25-9-8-10-31(27-49)47-21-23-48(24-22-47)40(52)41(42,43)44/h4-7,11-20,26H,8-10,21-25H2,1-3H3,(H,45,50). The van der Waals surface area contributed by atoms with Crippen LogP contribution in [0.4, 0.5) is 24.5 Å². The molecule has 5 rings (SSSR count). The SMILES string of the molecule is Cc1ccc(-c2ccccc2C(=O)Nc2ccccc2C(=O)N(C)c2ccc(C)cc2OCCCCC(=C=O)N2CCN(C(=O)C(F)(F)F)CC2)cc1. The van der Waals surface area contributed by atoms with Gasteiger partial charge in [-0.1, -0.05) is 66.2 Å². The molecule has 1 fully saturated rings. The number of para-hydroxylation sites is 1. The number of anilines is 2. The van der Waals surface area contributed by atoms with Gasteiger partial charge < -0.3 is 24.8 Å². The van der Waals surface area contributed by atoms with Crippen LogP contribution in [0.25, 0.3) is 11.1 Å². The topological polar surface area (TPSA) is 99.3 Å². The molecule has 0 unspecified atom stereocenters. The van der Waals surface area contributed by atoms with Crippen molar-refractivity contribution in [3.8, 4) is 16.9 Å². The smallest absolute Gasteiger partial charge is 0.471 e. The zero-order valence-corrected chi connectivity index (χ0v) is 29.8. The predicted octanol–water partition coefficient (Wildman–Crippen LogP) is 7.47. The highest BCUT2D eigenvalue weighted by atomic mass is 19.4. The van der Waals surface area contributed by atoms with Crippen LogP contribution in [-0.2, 0) is 9.59 Å². The number of carbonyl (C=O) groups excluding carboxylic acids is 4. The van der Waals surface area contributed by atoms with E-state index in [2.05, 4.69) is 5.32 Å². The number of benzene rings is 4. The summed E-state index contributed by atoms with van der Waals surface area (Å²) in [6, 6.07) is 27.5. The van der Waals surface area contributed by atoms with Gasteiger partial charge in [-0.3, -0.25) is 14.4 Å². The molecule has 1 aliphatic heterocycles. The molecule has 276 valence electrons. The molecule has 9 nitrogen and oxygen atoms in total. The number of rotatable bonds is 12. The molecule has 3 amide bonds. The Morgan fingerprint density at radius 3 is 2.11 bits per heavy atom. The number of halogens is 3. The summed E-state index contributed by atoms with van der Waals surface area (Å²) in [5.41, 5.74) is 5.67. The van der Waals surface area contributed by atoms with Crippen LogP contribution in [0.3, 0.4) is 0 Å². The Hall–Kier alpha value is -5.87. The zero-order chi connectivity index (χ0) is 38.1. The Morgan fingerprint density at radius 2 is 1.43 bits per heavy atom. The molecule has 4 aromatic rings. The molecule has 1 aliphatic rings. The Balaban J connectivity index is 1.21. The fourth-order valence-corrected chi connectivity index (χ4v) is 6.15. The Morgan fingerprint density at radius 1 is 0.811 bits per heavy atom. The summed E-state index contributed by atoms with van der Waals surface area (Å²) in [6.07, 6.45) is -3.50. The summed E-state index contributed by atoms with van der Waals surface area (Å²) >= 11 is 0. The van der Waals surface area contributed by atoms with E-state index in [4.69, 9.17) is 4.74 Å². The third-order valence-corrected chi connectivity index (χ3v) is 9.10. The van der Waals surface area contributed by atoms with Crippen molar-refractivity contribution < 1.29 is 37.1 Å². The first-order chi connectivity index (χ1) is 25.4. The van der Waals surface area contributed by atoms with Gasteiger partial charge in [0.25, 0.3) is 11.8 Å². The molecule has 0 spiro atoms. The second-order valence-corrected chi connectivity index (χ2v) is 12.9. The maximum absolute atomic E-state index is 14.0. The first-order valence-corrected chi connectivity index (χ1v) is 17.3. The largest absolute Gasteiger partial charge is 0.491 e. The predicted molar refractivity (Wildman–Crippen MR) is 198 cm³/mol. The number of ether oxygens (including phenoxy) is 1. The average molecular weight is 727 g/mol. The molecule has 53 heavy (non-hydrogen) atoms. The second kappa shape index (κ2) is 17.1. The van der Waals surface area contributed by atoms with Crippen molar-refractivity contribution >= 4 is 35.0 Å². The normalized spacial score (nSPS) is 12.9. The van der Waals surface area contributed by atoms with Crippen LogP contribution in [0, 0.1) is 13.8 Å². The number of amides is 3. The molecule has 0 aromatic heterocycles. The van der Waals surface area contributed by atoms with Crippen molar-refractivity contribution in [2.75, 3.05) is 50.1 Å². The van der Waals surface area contributed by atoms with Crippen molar-refractivity contribution in [1.82, 2.24) is 9.80 Å². The molecular weight excluding hydrogens is 685 g/mol. The van der Waals surface area contributed by atoms with E-state index in [1.165, 1.54) is 4.90 Å². The zero-order valence-electron chi connectivity index (χ0n) is 29.8. The number of hydrogen-bond acceptors (Lipinski definition) is 6. The maximum Gasteiger partial charge on any atom is 0.471 e. The van der Waals surface area contributed by atoms with Crippen LogP contribution >= 0.6 is 0 Å². The first-order valence-electron chi connectivity index (χ1n) is 17.3. The van der Waals surface area contributed by atoms with Gasteiger partial charge in [0.2, 0.25) is 0 Å². The van der Waals surface area contributed by atoms with Crippen LogP contribution < -0.4 is 15.0 Å². The fraction of sp³-hybridized carbons (Fsp3) is 0.293. The van der Waals surface area contributed by atoms with E-state index in [1.54, 1.807) is 54.4 Å². The number of hydrogen-bond donors (Lipinski definition) is 1. The molecule has 0 atom stereocenters. The maximum atomic E-state index is 14.0. The lowest BCUT2D eigenvalue weighted by atomic mass is 9.98. The van der Waals surface area contributed by atoms with E-state index in [9.17, 15) is 32.3 Å². The fourth-order valence-electron chi connectivity index (χ4n) is 6.15. The molecule has 0 bridgehead atoms. The van der Waals surface area contributed by atoms with E-state index in [0.29, 0.717) is 53.2 Å². The molecule has 0 radical (unpaired) electrons. The Kier molecular flexibility index (Phi) is 12.4. The van der Waals surface area contributed by atoms with Crippen molar-refractivity contribution in [3.63, 3.8) is 0 Å². The highest BCUT2D eigenvalue weighted by molar-refractivity contribution is 6.15. The number of unbranched alkanes of at least 4 members (excludes halogenated alkanes) is 1. The van der Waals surface area contributed by atoms with Gasteiger partial charge >= 0.3 is 12.1 Å². The minimum atomic E-state index is -4.93. The van der Waals surface area contributed by atoms with Gasteiger partial charge in [-0.05, 0) is 80.1 Å². The molecule has 0 saturated carbocycles. The number of allylic oxidation sites excluding steroid dienone is 1. The summed E-state index contributed by atoms with van der Waals surface area (Å²) in [5.74, 6) is -0.203. The molecule has 12 heteroatoms. The van der Waals surface area contributed by atoms with Crippen LogP contribution in [0.5, 0.6) is 5.75 Å². The van der Waals surface area contributed by atoms with Gasteiger partial charge in [-0.2, -0.15) is 13.2 Å². The van der Waals surface area contributed by atoms with Crippen molar-refractivity contribution in [2.45, 2.75) is 39.3 Å². The monoisotopic (exact) mass is 726 g/mol. The number of carbonyl (C=O) groups is 3. The molecule has 1 N–H and O–H groups in total. The minimum Gasteiger partial charge on any atom is -0.491 e. The third kappa shape index (κ3) is 9.52. The number of nitrogens with zero attached hydrogens (tertiary/aromatic N) is 3. The quantitative estimate of drug-likeness (QED) is 0.120. The summed E-state index contributed by atoms with van der Waals surface area (Å²) in [7, 11) is 1.63. The molecule has 0 aliphatic carbocycles. The number of alkyl halides is 3. The summed E-state index contributed by atoms with van der Waals surface area (Å²) in [6.45, 7) is 4.14. The molecular formula is C41H41F3N4O5. The van der Waals surface area contributed by atoms with Gasteiger partial charge in [0.15, 0.2) is 0 Å². The molecule has 4 aromatic carbocycles. The third-order valence-electron chi connectivity index (χ3n) is 9.10. The minimum absolute atomic E-state index is 0.115. The highest BCUT2D eigenvalue weighted by Gasteiger charge is 2.43. The average Bonchev–Trinajstić information content (AvgIpc) is 3.15. The van der Waals surface area contributed by atoms with Crippen molar-refractivity contribution in [3.05, 3.63) is 119 Å². The van der Waals surface area contributed by atoms with E-state index < -0.39 is 12.1 Å². The van der Waals surface area contributed by atoms with Gasteiger partial charge in [0.05, 0.1) is 29.2 Å². The van der Waals surface area contributed by atoms with Crippen LogP contribution in [0.1, 0.15) is 51.1 Å². The van der Waals surface area contributed by atoms with Crippen LogP contribution in [0.2, 0.25) is 0 Å². The van der Waals surface area contributed by atoms with E-state index >= 15 is 0 Å². The van der Waals surface area contributed by atoms with Crippen LogP contribution in [0.15, 0.2) is 96.7 Å².